The van der Waals surface area contributed by atoms with Crippen molar-refractivity contribution in [2.24, 2.45) is 0 Å². The summed E-state index contributed by atoms with van der Waals surface area (Å²) in [5.41, 5.74) is 9.65. The quantitative estimate of drug-likeness (QED) is 0.217. The SMILES string of the molecule is CC1(C)c2ccccc2-c2cc3c(cc21)c1ccccc1n3-c1nccc(-c2cccc3c2sc2ccccc23)n1. The van der Waals surface area contributed by atoms with Crippen molar-refractivity contribution in [2.75, 3.05) is 0 Å². The molecule has 9 rings (SSSR count). The smallest absolute Gasteiger partial charge is 0.235 e. The molecule has 0 saturated heterocycles. The van der Waals surface area contributed by atoms with Gasteiger partial charge < -0.3 is 0 Å². The van der Waals surface area contributed by atoms with E-state index in [0.29, 0.717) is 5.95 Å². The zero-order chi connectivity index (χ0) is 27.3. The Morgan fingerprint density at radius 3 is 2.29 bits per heavy atom. The molecule has 4 heteroatoms. The Morgan fingerprint density at radius 2 is 1.37 bits per heavy atom. The lowest BCUT2D eigenvalue weighted by molar-refractivity contribution is 0.661. The predicted octanol–water partition coefficient (Wildman–Crippen LogP) is 9.91. The molecule has 0 saturated carbocycles. The molecule has 3 heterocycles. The van der Waals surface area contributed by atoms with Crippen LogP contribution < -0.4 is 0 Å². The lowest BCUT2D eigenvalue weighted by atomic mass is 9.82. The van der Waals surface area contributed by atoms with Gasteiger partial charge in [-0.2, -0.15) is 0 Å². The van der Waals surface area contributed by atoms with Crippen LogP contribution in [0.3, 0.4) is 0 Å². The Hall–Kier alpha value is -4.80. The Bertz CT molecular complexity index is 2350. The zero-order valence-corrected chi connectivity index (χ0v) is 23.5. The number of para-hydroxylation sites is 1. The molecular formula is C37H25N3S. The topological polar surface area (TPSA) is 30.7 Å². The van der Waals surface area contributed by atoms with Crippen LogP contribution in [0, 0.1) is 0 Å². The standard InChI is InChI=1S/C37H25N3S/c1-37(2)29-15-6-3-10-22(29)27-21-33-28(20-30(27)37)23-11-4-7-16-32(23)40(33)36-38-19-18-31(39-36)26-14-9-13-25-24-12-5-8-17-34(24)41-35(25)26/h3-21H,1-2H3. The number of thiophene rings is 1. The number of aromatic nitrogens is 3. The molecule has 3 aromatic heterocycles. The van der Waals surface area contributed by atoms with E-state index in [1.165, 1.54) is 53.2 Å². The van der Waals surface area contributed by atoms with E-state index in [0.717, 1.165) is 22.3 Å². The number of fused-ring (bicyclic) bond motifs is 9. The second-order valence-corrected chi connectivity index (χ2v) is 12.5. The van der Waals surface area contributed by atoms with Crippen LogP contribution in [-0.2, 0) is 5.41 Å². The van der Waals surface area contributed by atoms with Crippen LogP contribution in [-0.4, -0.2) is 14.5 Å². The maximum absolute atomic E-state index is 5.23. The highest BCUT2D eigenvalue weighted by atomic mass is 32.1. The van der Waals surface area contributed by atoms with Crippen LogP contribution >= 0.6 is 11.3 Å². The normalized spacial score (nSPS) is 13.8. The van der Waals surface area contributed by atoms with Gasteiger partial charge in [0.15, 0.2) is 0 Å². The average Bonchev–Trinajstić information content (AvgIpc) is 3.62. The second-order valence-electron chi connectivity index (χ2n) is 11.5. The summed E-state index contributed by atoms with van der Waals surface area (Å²) < 4.78 is 4.80. The molecule has 0 radical (unpaired) electrons. The lowest BCUT2D eigenvalue weighted by Crippen LogP contribution is -2.14. The fourth-order valence-electron chi connectivity index (χ4n) is 6.93. The van der Waals surface area contributed by atoms with Gasteiger partial charge in [0, 0.05) is 48.1 Å². The summed E-state index contributed by atoms with van der Waals surface area (Å²) in [7, 11) is 0. The zero-order valence-electron chi connectivity index (χ0n) is 22.7. The Balaban J connectivity index is 1.32. The van der Waals surface area contributed by atoms with Gasteiger partial charge in [-0.1, -0.05) is 92.7 Å². The summed E-state index contributed by atoms with van der Waals surface area (Å²) in [5, 5.41) is 5.03. The van der Waals surface area contributed by atoms with Gasteiger partial charge in [-0.05, 0) is 52.6 Å². The molecule has 0 aliphatic heterocycles. The van der Waals surface area contributed by atoms with Gasteiger partial charge >= 0.3 is 0 Å². The van der Waals surface area contributed by atoms with Crippen LogP contribution in [0.2, 0.25) is 0 Å². The molecule has 41 heavy (non-hydrogen) atoms. The Morgan fingerprint density at radius 1 is 0.610 bits per heavy atom. The van der Waals surface area contributed by atoms with Gasteiger partial charge in [-0.3, -0.25) is 4.57 Å². The third-order valence-electron chi connectivity index (χ3n) is 8.90. The summed E-state index contributed by atoms with van der Waals surface area (Å²) >= 11 is 1.83. The number of rotatable bonds is 2. The van der Waals surface area contributed by atoms with Crippen molar-refractivity contribution in [3.8, 4) is 28.3 Å². The first-order valence-electron chi connectivity index (χ1n) is 14.0. The third-order valence-corrected chi connectivity index (χ3v) is 10.1. The molecule has 0 fully saturated rings. The molecule has 194 valence electrons. The number of hydrogen-bond donors (Lipinski definition) is 0. The number of benzene rings is 5. The molecule has 8 aromatic rings. The van der Waals surface area contributed by atoms with E-state index in [2.05, 4.69) is 122 Å². The minimum absolute atomic E-state index is 0.0529. The van der Waals surface area contributed by atoms with Gasteiger partial charge in [-0.15, -0.1) is 11.3 Å². The van der Waals surface area contributed by atoms with Gasteiger partial charge in [0.05, 0.1) is 16.7 Å². The van der Waals surface area contributed by atoms with E-state index in [-0.39, 0.29) is 5.41 Å². The van der Waals surface area contributed by atoms with Gasteiger partial charge in [0.25, 0.3) is 0 Å². The van der Waals surface area contributed by atoms with E-state index in [1.807, 2.05) is 23.6 Å². The molecule has 0 amide bonds. The summed E-state index contributed by atoms with van der Waals surface area (Å²) in [6, 6.07) is 39.4. The van der Waals surface area contributed by atoms with Gasteiger partial charge in [0.2, 0.25) is 5.95 Å². The molecule has 1 aliphatic carbocycles. The summed E-state index contributed by atoms with van der Waals surface area (Å²) in [4.78, 5) is 10.1. The van der Waals surface area contributed by atoms with Crippen molar-refractivity contribution < 1.29 is 0 Å². The van der Waals surface area contributed by atoms with Crippen molar-refractivity contribution in [1.82, 2.24) is 14.5 Å². The van der Waals surface area contributed by atoms with Crippen molar-refractivity contribution >= 4 is 53.3 Å². The molecule has 0 atom stereocenters. The van der Waals surface area contributed by atoms with Crippen LogP contribution in [0.4, 0.5) is 0 Å². The Labute approximate surface area is 241 Å². The predicted molar refractivity (Wildman–Crippen MR) is 172 cm³/mol. The van der Waals surface area contributed by atoms with Crippen LogP contribution in [0.1, 0.15) is 25.0 Å². The summed E-state index contributed by atoms with van der Waals surface area (Å²) in [5.74, 6) is 0.692. The molecule has 0 unspecified atom stereocenters. The monoisotopic (exact) mass is 543 g/mol. The molecule has 0 bridgehead atoms. The highest BCUT2D eigenvalue weighted by molar-refractivity contribution is 7.26. The van der Waals surface area contributed by atoms with E-state index >= 15 is 0 Å². The van der Waals surface area contributed by atoms with E-state index in [9.17, 15) is 0 Å². The molecule has 1 aliphatic rings. The lowest BCUT2D eigenvalue weighted by Gasteiger charge is -2.21. The van der Waals surface area contributed by atoms with Crippen LogP contribution in [0.15, 0.2) is 115 Å². The van der Waals surface area contributed by atoms with Crippen LogP contribution in [0.5, 0.6) is 0 Å². The van der Waals surface area contributed by atoms with Gasteiger partial charge in [-0.25, -0.2) is 9.97 Å². The molecule has 3 nitrogen and oxygen atoms in total. The maximum atomic E-state index is 5.23. The summed E-state index contributed by atoms with van der Waals surface area (Å²) in [6.07, 6.45) is 1.90. The Kier molecular flexibility index (Phi) is 4.55. The first-order valence-corrected chi connectivity index (χ1v) is 14.8. The third kappa shape index (κ3) is 3.08. The van der Waals surface area contributed by atoms with Crippen molar-refractivity contribution in [2.45, 2.75) is 19.3 Å². The van der Waals surface area contributed by atoms with E-state index in [1.54, 1.807) is 0 Å². The average molecular weight is 544 g/mol. The van der Waals surface area contributed by atoms with Crippen LogP contribution in [0.25, 0.3) is 70.3 Å². The fraction of sp³-hybridized carbons (Fsp3) is 0.0811. The molecule has 0 N–H and O–H groups in total. The molecular weight excluding hydrogens is 518 g/mol. The highest BCUT2D eigenvalue weighted by Gasteiger charge is 2.36. The van der Waals surface area contributed by atoms with E-state index < -0.39 is 0 Å². The minimum atomic E-state index is -0.0529. The van der Waals surface area contributed by atoms with Crippen molar-refractivity contribution in [3.05, 3.63) is 127 Å². The van der Waals surface area contributed by atoms with E-state index in [4.69, 9.17) is 9.97 Å². The van der Waals surface area contributed by atoms with Crippen molar-refractivity contribution in [1.29, 1.82) is 0 Å². The largest absolute Gasteiger partial charge is 0.278 e. The van der Waals surface area contributed by atoms with Crippen molar-refractivity contribution in [3.63, 3.8) is 0 Å². The van der Waals surface area contributed by atoms with Gasteiger partial charge in [0.1, 0.15) is 0 Å². The number of nitrogens with zero attached hydrogens (tertiary/aromatic N) is 3. The minimum Gasteiger partial charge on any atom is -0.278 e. The first-order chi connectivity index (χ1) is 20.1. The fourth-order valence-corrected chi connectivity index (χ4v) is 8.16. The first kappa shape index (κ1) is 23.0. The second kappa shape index (κ2) is 8.12. The number of hydrogen-bond acceptors (Lipinski definition) is 3. The highest BCUT2D eigenvalue weighted by Crippen LogP contribution is 2.51. The molecule has 0 spiro atoms. The summed E-state index contributed by atoms with van der Waals surface area (Å²) in [6.45, 7) is 4.67. The molecule has 5 aromatic carbocycles. The maximum Gasteiger partial charge on any atom is 0.235 e.